The van der Waals surface area contributed by atoms with Crippen molar-refractivity contribution in [2.75, 3.05) is 9.80 Å². The minimum absolute atomic E-state index is 0.606. The van der Waals surface area contributed by atoms with E-state index in [1.165, 1.54) is 0 Å². The smallest absolute Gasteiger partial charge is 0.207 e. The summed E-state index contributed by atoms with van der Waals surface area (Å²) >= 11 is 0. The lowest BCUT2D eigenvalue weighted by atomic mass is 10.0. The zero-order chi connectivity index (χ0) is 40.7. The Morgan fingerprint density at radius 3 is 1.15 bits per heavy atom. The second-order valence-electron chi connectivity index (χ2n) is 15.3. The summed E-state index contributed by atoms with van der Waals surface area (Å²) in [6.45, 7) is 0. The highest BCUT2D eigenvalue weighted by molar-refractivity contribution is 5.93. The summed E-state index contributed by atoms with van der Waals surface area (Å²) in [5, 5.41) is 19.3. The molecule has 8 aromatic carbocycles. The Bertz CT molecular complexity index is 3450. The molecule has 10 nitrogen and oxygen atoms in total. The minimum atomic E-state index is 0.606. The third-order valence-corrected chi connectivity index (χ3v) is 11.7. The molecule has 3 aromatic heterocycles. The number of ether oxygens (including phenoxy) is 2. The zero-order valence-electron chi connectivity index (χ0n) is 32.9. The fraction of sp³-hybridized carbons (Fsp3) is 0. The number of hydrogen-bond acceptors (Lipinski definition) is 8. The largest absolute Gasteiger partial charge is 0.453 e. The van der Waals surface area contributed by atoms with Crippen LogP contribution in [0, 0.1) is 0 Å². The van der Waals surface area contributed by atoms with E-state index in [1.54, 1.807) is 0 Å². The normalized spacial score (nSPS) is 12.7. The molecule has 0 aliphatic carbocycles. The number of para-hydroxylation sites is 8. The van der Waals surface area contributed by atoms with Gasteiger partial charge in [-0.1, -0.05) is 84.9 Å². The Balaban J connectivity index is 0.951. The van der Waals surface area contributed by atoms with Crippen LogP contribution in [0.4, 0.5) is 34.1 Å². The van der Waals surface area contributed by atoms with Gasteiger partial charge in [0.2, 0.25) is 11.3 Å². The Morgan fingerprint density at radius 1 is 0.306 bits per heavy atom. The van der Waals surface area contributed by atoms with E-state index in [-0.39, 0.29) is 0 Å². The van der Waals surface area contributed by atoms with Gasteiger partial charge >= 0.3 is 0 Å². The maximum Gasteiger partial charge on any atom is 0.207 e. The van der Waals surface area contributed by atoms with Crippen LogP contribution in [0.2, 0.25) is 0 Å². The molecule has 0 saturated heterocycles. The number of aromatic nitrogens is 6. The highest BCUT2D eigenvalue weighted by atomic mass is 16.5. The van der Waals surface area contributed by atoms with Gasteiger partial charge in [0.1, 0.15) is 0 Å². The van der Waals surface area contributed by atoms with Gasteiger partial charge in [0.25, 0.3) is 0 Å². The van der Waals surface area contributed by atoms with Crippen molar-refractivity contribution in [3.05, 3.63) is 194 Å². The van der Waals surface area contributed by atoms with E-state index in [0.717, 1.165) is 90.4 Å². The summed E-state index contributed by atoms with van der Waals surface area (Å²) in [5.41, 5.74) is 13.0. The van der Waals surface area contributed by atoms with Crippen LogP contribution in [0.5, 0.6) is 23.0 Å². The number of nitrogens with zero attached hydrogens (tertiary/aromatic N) is 8. The molecule has 2 aliphatic rings. The first-order chi connectivity index (χ1) is 30.7. The molecule has 11 aromatic rings. The molecule has 5 heterocycles. The van der Waals surface area contributed by atoms with Crippen molar-refractivity contribution >= 4 is 56.5 Å². The second-order valence-corrected chi connectivity index (χ2v) is 15.3. The lowest BCUT2D eigenvalue weighted by Crippen LogP contribution is -2.15. The van der Waals surface area contributed by atoms with Crippen LogP contribution in [-0.2, 0) is 0 Å². The van der Waals surface area contributed by atoms with Crippen molar-refractivity contribution in [3.8, 4) is 56.9 Å². The van der Waals surface area contributed by atoms with E-state index < -0.39 is 0 Å². The van der Waals surface area contributed by atoms with E-state index in [1.807, 2.05) is 78.9 Å². The molecule has 0 unspecified atom stereocenters. The fourth-order valence-corrected chi connectivity index (χ4v) is 8.87. The summed E-state index contributed by atoms with van der Waals surface area (Å²) in [6.07, 6.45) is 0. The van der Waals surface area contributed by atoms with Crippen LogP contribution in [-0.4, -0.2) is 29.2 Å². The number of fused-ring (bicyclic) bond motifs is 10. The van der Waals surface area contributed by atoms with Crippen molar-refractivity contribution < 1.29 is 9.47 Å². The molecule has 0 radical (unpaired) electrons. The first-order valence-corrected chi connectivity index (χ1v) is 20.4. The monoisotopic (exact) mass is 800 g/mol. The van der Waals surface area contributed by atoms with Gasteiger partial charge in [-0.25, -0.2) is 0 Å². The predicted octanol–water partition coefficient (Wildman–Crippen LogP) is 13.1. The van der Waals surface area contributed by atoms with Crippen LogP contribution in [0.1, 0.15) is 0 Å². The highest BCUT2D eigenvalue weighted by Crippen LogP contribution is 2.52. The average molecular weight is 801 g/mol. The standard InChI is InChI=1S/C52H32N8O2/c1-2-12-33(13-3-1)36-26-31-39-44(32-36)60-50(35-24-29-38(30-25-35)58-42-16-6-10-20-47(42)62-48-21-11-7-17-43(48)58)54-56-52(60)51-55-53-49(59(39)51)34-22-27-37(28-23-34)57-40-14-4-8-18-45(40)61-46-19-9-5-15-41(46)57/h1-32H. The van der Waals surface area contributed by atoms with E-state index in [4.69, 9.17) is 29.9 Å². The SMILES string of the molecule is c1ccc(-c2ccc3c(c2)n2c(-c4ccc(N5c6ccccc6Oc6ccccc65)cc4)nnc2c2nnc(-c4ccc(N5c6ccccc6Oc6ccccc65)cc4)n32)cc1. The topological polar surface area (TPSA) is 85.3 Å². The molecule has 0 fully saturated rings. The number of hydrogen-bond donors (Lipinski definition) is 0. The molecule has 2 aliphatic heterocycles. The maximum absolute atomic E-state index is 6.28. The maximum atomic E-state index is 6.28. The third-order valence-electron chi connectivity index (χ3n) is 11.7. The van der Waals surface area contributed by atoms with Gasteiger partial charge in [0, 0.05) is 22.5 Å². The molecular weight excluding hydrogens is 769 g/mol. The summed E-state index contributed by atoms with van der Waals surface area (Å²) in [5.74, 6) is 4.63. The van der Waals surface area contributed by atoms with E-state index in [0.29, 0.717) is 22.9 Å². The summed E-state index contributed by atoms with van der Waals surface area (Å²) in [6, 6.07) is 66.2. The Labute approximate surface area is 354 Å². The van der Waals surface area contributed by atoms with Crippen LogP contribution in [0.25, 0.3) is 56.2 Å². The molecular formula is C52H32N8O2. The van der Waals surface area contributed by atoms with Crippen molar-refractivity contribution in [1.29, 1.82) is 0 Å². The van der Waals surface area contributed by atoms with Crippen molar-refractivity contribution in [2.45, 2.75) is 0 Å². The van der Waals surface area contributed by atoms with Crippen LogP contribution >= 0.6 is 0 Å². The lowest BCUT2D eigenvalue weighted by Gasteiger charge is -2.32. The highest BCUT2D eigenvalue weighted by Gasteiger charge is 2.28. The van der Waals surface area contributed by atoms with Crippen molar-refractivity contribution in [2.24, 2.45) is 0 Å². The Morgan fingerprint density at radius 2 is 0.694 bits per heavy atom. The molecule has 0 amide bonds. The van der Waals surface area contributed by atoms with Crippen molar-refractivity contribution in [3.63, 3.8) is 0 Å². The molecule has 0 N–H and O–H groups in total. The summed E-state index contributed by atoms with van der Waals surface area (Å²) in [4.78, 5) is 4.46. The first kappa shape index (κ1) is 34.1. The van der Waals surface area contributed by atoms with E-state index in [2.05, 4.69) is 134 Å². The van der Waals surface area contributed by atoms with Gasteiger partial charge < -0.3 is 19.3 Å². The van der Waals surface area contributed by atoms with E-state index in [9.17, 15) is 0 Å². The van der Waals surface area contributed by atoms with Crippen LogP contribution < -0.4 is 19.3 Å². The van der Waals surface area contributed by atoms with E-state index >= 15 is 0 Å². The van der Waals surface area contributed by atoms with Gasteiger partial charge in [-0.05, 0) is 120 Å². The van der Waals surface area contributed by atoms with Gasteiger partial charge in [-0.15, -0.1) is 20.4 Å². The predicted molar refractivity (Wildman–Crippen MR) is 243 cm³/mol. The summed E-state index contributed by atoms with van der Waals surface area (Å²) in [7, 11) is 0. The lowest BCUT2D eigenvalue weighted by molar-refractivity contribution is 0.477. The van der Waals surface area contributed by atoms with Gasteiger partial charge in [-0.3, -0.25) is 8.80 Å². The Kier molecular flexibility index (Phi) is 7.37. The molecule has 0 saturated carbocycles. The quantitative estimate of drug-likeness (QED) is 0.170. The molecule has 13 rings (SSSR count). The summed E-state index contributed by atoms with van der Waals surface area (Å²) < 4.78 is 16.8. The van der Waals surface area contributed by atoms with Crippen molar-refractivity contribution in [1.82, 2.24) is 29.2 Å². The van der Waals surface area contributed by atoms with Gasteiger partial charge in [0.15, 0.2) is 34.6 Å². The number of rotatable bonds is 5. The molecule has 62 heavy (non-hydrogen) atoms. The van der Waals surface area contributed by atoms with Gasteiger partial charge in [0.05, 0.1) is 33.8 Å². The average Bonchev–Trinajstić information content (AvgIpc) is 3.99. The third kappa shape index (κ3) is 5.17. The molecule has 0 spiro atoms. The van der Waals surface area contributed by atoms with Crippen LogP contribution in [0.3, 0.4) is 0 Å². The van der Waals surface area contributed by atoms with Crippen LogP contribution in [0.15, 0.2) is 194 Å². The molecule has 10 heteroatoms. The number of anilines is 6. The fourth-order valence-electron chi connectivity index (χ4n) is 8.87. The molecule has 0 atom stereocenters. The molecule has 0 bridgehead atoms. The molecule has 292 valence electrons. The van der Waals surface area contributed by atoms with Gasteiger partial charge in [-0.2, -0.15) is 0 Å². The first-order valence-electron chi connectivity index (χ1n) is 20.4. The second kappa shape index (κ2) is 13.4. The minimum Gasteiger partial charge on any atom is -0.453 e. The zero-order valence-corrected chi connectivity index (χ0v) is 32.9. The Hall–Kier alpha value is -8.76. The number of benzene rings is 8.